The van der Waals surface area contributed by atoms with Gasteiger partial charge >= 0.3 is 0 Å². The van der Waals surface area contributed by atoms with E-state index in [1.54, 1.807) is 6.07 Å². The Hall–Kier alpha value is -3.03. The average Bonchev–Trinajstić information content (AvgIpc) is 2.72. The second-order valence-electron chi connectivity index (χ2n) is 6.78. The Morgan fingerprint density at radius 3 is 2.90 bits per heavy atom. The normalized spacial score (nSPS) is 12.7. The van der Waals surface area contributed by atoms with Crippen molar-refractivity contribution >= 4 is 46.4 Å². The molecule has 7 nitrogen and oxygen atoms in total. The smallest absolute Gasteiger partial charge is 0.262 e. The summed E-state index contributed by atoms with van der Waals surface area (Å²) in [6, 6.07) is 12.9. The van der Waals surface area contributed by atoms with Crippen LogP contribution in [0.3, 0.4) is 0 Å². The Balaban J connectivity index is 1.39. The molecule has 0 saturated carbocycles. The van der Waals surface area contributed by atoms with E-state index in [-0.39, 0.29) is 18.5 Å². The van der Waals surface area contributed by atoms with Crippen molar-refractivity contribution < 1.29 is 9.53 Å². The highest BCUT2D eigenvalue weighted by Crippen LogP contribution is 2.33. The van der Waals surface area contributed by atoms with Crippen LogP contribution >= 0.6 is 23.2 Å². The summed E-state index contributed by atoms with van der Waals surface area (Å²) in [5, 5.41) is 7.04. The molecule has 0 radical (unpaired) electrons. The average molecular weight is 444 g/mol. The molecule has 30 heavy (non-hydrogen) atoms. The van der Waals surface area contributed by atoms with Gasteiger partial charge in [-0.3, -0.25) is 4.79 Å². The maximum absolute atomic E-state index is 11.5. The quantitative estimate of drug-likeness (QED) is 0.487. The van der Waals surface area contributed by atoms with Crippen LogP contribution in [0.15, 0.2) is 42.5 Å². The molecule has 0 bridgehead atoms. The summed E-state index contributed by atoms with van der Waals surface area (Å²) in [4.78, 5) is 20.1. The number of halogens is 2. The number of carbonyl (C=O) groups is 1. The lowest BCUT2D eigenvalue weighted by Crippen LogP contribution is -2.25. The zero-order valence-corrected chi connectivity index (χ0v) is 17.4. The van der Waals surface area contributed by atoms with Crippen molar-refractivity contribution in [1.82, 2.24) is 9.97 Å². The second-order valence-corrected chi connectivity index (χ2v) is 7.57. The van der Waals surface area contributed by atoms with Crippen molar-refractivity contribution in [2.45, 2.75) is 12.8 Å². The van der Waals surface area contributed by atoms with Gasteiger partial charge in [0.25, 0.3) is 5.91 Å². The van der Waals surface area contributed by atoms with Gasteiger partial charge < -0.3 is 21.1 Å². The molecule has 154 valence electrons. The van der Waals surface area contributed by atoms with E-state index in [2.05, 4.69) is 20.6 Å². The van der Waals surface area contributed by atoms with Gasteiger partial charge in [0.05, 0.1) is 21.4 Å². The lowest BCUT2D eigenvalue weighted by atomic mass is 10.1. The first-order chi connectivity index (χ1) is 14.5. The number of aromatic nitrogens is 2. The van der Waals surface area contributed by atoms with Crippen molar-refractivity contribution in [2.75, 3.05) is 29.5 Å². The number of anilines is 3. The molecule has 4 N–H and O–H groups in total. The van der Waals surface area contributed by atoms with Gasteiger partial charge in [0.1, 0.15) is 5.75 Å². The van der Waals surface area contributed by atoms with Crippen LogP contribution in [0.1, 0.15) is 12.1 Å². The molecule has 0 aliphatic carbocycles. The molecule has 0 saturated heterocycles. The molecule has 1 aliphatic heterocycles. The van der Waals surface area contributed by atoms with Crippen molar-refractivity contribution in [2.24, 2.45) is 0 Å². The summed E-state index contributed by atoms with van der Waals surface area (Å²) in [5.74, 6) is 0.706. The fourth-order valence-corrected chi connectivity index (χ4v) is 3.58. The van der Waals surface area contributed by atoms with Crippen molar-refractivity contribution in [1.29, 1.82) is 0 Å². The zero-order chi connectivity index (χ0) is 21.1. The minimum atomic E-state index is -0.156. The van der Waals surface area contributed by atoms with E-state index >= 15 is 0 Å². The highest BCUT2D eigenvalue weighted by atomic mass is 35.5. The Bertz CT molecular complexity index is 1110. The number of nitrogens with one attached hydrogen (secondary N) is 2. The van der Waals surface area contributed by atoms with Crippen molar-refractivity contribution in [3.63, 3.8) is 0 Å². The second kappa shape index (κ2) is 8.77. The van der Waals surface area contributed by atoms with E-state index in [0.717, 1.165) is 23.4 Å². The Labute approximate surface area is 183 Å². The number of hydrogen-bond donors (Lipinski definition) is 3. The third-order valence-electron chi connectivity index (χ3n) is 4.58. The summed E-state index contributed by atoms with van der Waals surface area (Å²) in [5.41, 5.74) is 9.64. The monoisotopic (exact) mass is 443 g/mol. The van der Waals surface area contributed by atoms with Crippen molar-refractivity contribution in [3.8, 4) is 17.0 Å². The van der Waals surface area contributed by atoms with Gasteiger partial charge in [0.15, 0.2) is 6.61 Å². The number of carbonyl (C=O) groups excluding carboxylic acids is 1. The zero-order valence-electron chi connectivity index (χ0n) is 15.9. The summed E-state index contributed by atoms with van der Waals surface area (Å²) in [7, 11) is 0. The molecule has 3 aromatic rings. The summed E-state index contributed by atoms with van der Waals surface area (Å²) < 4.78 is 5.37. The van der Waals surface area contributed by atoms with Gasteiger partial charge in [0, 0.05) is 23.5 Å². The van der Waals surface area contributed by atoms with Crippen LogP contribution in [0, 0.1) is 0 Å². The number of benzene rings is 2. The Morgan fingerprint density at radius 1 is 1.17 bits per heavy atom. The van der Waals surface area contributed by atoms with E-state index in [1.165, 1.54) is 0 Å². The van der Waals surface area contributed by atoms with Gasteiger partial charge in [-0.05, 0) is 43.2 Å². The number of amides is 1. The van der Waals surface area contributed by atoms with Gasteiger partial charge in [0.2, 0.25) is 5.95 Å². The first-order valence-corrected chi connectivity index (χ1v) is 10.1. The SMILES string of the molecule is Nc1nc(CCCNc2ccc3c(c2)NC(=O)CO3)cc(-c2cccc(Cl)c2Cl)n1. The maximum Gasteiger partial charge on any atom is 0.262 e. The number of nitrogen functional groups attached to an aromatic ring is 1. The third-order valence-corrected chi connectivity index (χ3v) is 5.39. The van der Waals surface area contributed by atoms with Crippen LogP contribution in [0.4, 0.5) is 17.3 Å². The van der Waals surface area contributed by atoms with Crippen LogP contribution in [0.25, 0.3) is 11.3 Å². The molecule has 0 spiro atoms. The highest BCUT2D eigenvalue weighted by Gasteiger charge is 2.16. The largest absolute Gasteiger partial charge is 0.482 e. The molecule has 1 aromatic heterocycles. The highest BCUT2D eigenvalue weighted by molar-refractivity contribution is 6.43. The first kappa shape index (κ1) is 20.3. The van der Waals surface area contributed by atoms with Gasteiger partial charge in [-0.25, -0.2) is 9.97 Å². The predicted molar refractivity (Wildman–Crippen MR) is 119 cm³/mol. The number of nitrogens with zero attached hydrogens (tertiary/aromatic N) is 2. The number of ether oxygens (including phenoxy) is 1. The molecule has 9 heteroatoms. The van der Waals surface area contributed by atoms with E-state index in [1.807, 2.05) is 36.4 Å². The fourth-order valence-electron chi connectivity index (χ4n) is 3.18. The van der Waals surface area contributed by atoms with Crippen LogP contribution in [0.2, 0.25) is 10.0 Å². The number of fused-ring (bicyclic) bond motifs is 1. The molecule has 0 fully saturated rings. The Kier molecular flexibility index (Phi) is 5.92. The molecular weight excluding hydrogens is 425 g/mol. The van der Waals surface area contributed by atoms with E-state index < -0.39 is 0 Å². The lowest BCUT2D eigenvalue weighted by molar-refractivity contribution is -0.118. The van der Waals surface area contributed by atoms with E-state index in [9.17, 15) is 4.79 Å². The third kappa shape index (κ3) is 4.58. The van der Waals surface area contributed by atoms with Gasteiger partial charge in [-0.15, -0.1) is 0 Å². The molecule has 1 aliphatic rings. The minimum Gasteiger partial charge on any atom is -0.482 e. The molecule has 1 amide bonds. The summed E-state index contributed by atoms with van der Waals surface area (Å²) in [6.07, 6.45) is 1.52. The lowest BCUT2D eigenvalue weighted by Gasteiger charge is -2.18. The van der Waals surface area contributed by atoms with Crippen molar-refractivity contribution in [3.05, 3.63) is 58.2 Å². The van der Waals surface area contributed by atoms with Gasteiger partial charge in [-0.1, -0.05) is 35.3 Å². The Morgan fingerprint density at radius 2 is 2.03 bits per heavy atom. The molecule has 2 aromatic carbocycles. The summed E-state index contributed by atoms with van der Waals surface area (Å²) >= 11 is 12.4. The minimum absolute atomic E-state index is 0.0459. The van der Waals surface area contributed by atoms with Crippen LogP contribution in [-0.4, -0.2) is 29.0 Å². The van der Waals surface area contributed by atoms with Crippen LogP contribution in [0.5, 0.6) is 5.75 Å². The fraction of sp³-hybridized carbons (Fsp3) is 0.190. The van der Waals surface area contributed by atoms with Crippen LogP contribution < -0.4 is 21.1 Å². The molecule has 4 rings (SSSR count). The summed E-state index contributed by atoms with van der Waals surface area (Å²) in [6.45, 7) is 0.759. The standard InChI is InChI=1S/C21H19Cl2N5O2/c22-15-5-1-4-14(20(15)23)16-10-13(26-21(24)28-16)3-2-8-25-12-6-7-18-17(9-12)27-19(29)11-30-18/h1,4-7,9-10,25H,2-3,8,11H2,(H,27,29)(H2,24,26,28). The number of rotatable bonds is 6. The van der Waals surface area contributed by atoms with Crippen LogP contribution in [-0.2, 0) is 11.2 Å². The topological polar surface area (TPSA) is 102 Å². The van der Waals surface area contributed by atoms with E-state index in [4.69, 9.17) is 33.7 Å². The molecule has 0 unspecified atom stereocenters. The van der Waals surface area contributed by atoms with E-state index in [0.29, 0.717) is 40.1 Å². The number of nitrogens with two attached hydrogens (primary N) is 1. The molecule has 0 atom stereocenters. The number of aryl methyl sites for hydroxylation is 1. The molecule has 2 heterocycles. The maximum atomic E-state index is 11.5. The predicted octanol–water partition coefficient (Wildman–Crippen LogP) is 4.41. The van der Waals surface area contributed by atoms with Gasteiger partial charge in [-0.2, -0.15) is 0 Å². The first-order valence-electron chi connectivity index (χ1n) is 9.38. The number of hydrogen-bond acceptors (Lipinski definition) is 6. The molecular formula is C21H19Cl2N5O2.